The molecule has 0 aliphatic carbocycles. The molecule has 2 saturated heterocycles. The Hall–Kier alpha value is -2.08. The fourth-order valence-electron chi connectivity index (χ4n) is 3.38. The van der Waals surface area contributed by atoms with Crippen molar-refractivity contribution in [2.75, 3.05) is 45.9 Å². The molecule has 0 spiro atoms. The van der Waals surface area contributed by atoms with Crippen molar-refractivity contribution in [3.05, 3.63) is 29.8 Å². The summed E-state index contributed by atoms with van der Waals surface area (Å²) in [4.78, 5) is 29.1. The monoisotopic (exact) mass is 345 g/mol. The normalized spacial score (nSPS) is 19.3. The molecule has 2 aliphatic heterocycles. The second-order valence-corrected chi connectivity index (χ2v) is 6.75. The third-order valence-corrected chi connectivity index (χ3v) is 5.21. The Kier molecular flexibility index (Phi) is 5.58. The Balaban J connectivity index is 1.58. The van der Waals surface area contributed by atoms with Crippen molar-refractivity contribution >= 4 is 11.8 Å². The van der Waals surface area contributed by atoms with Gasteiger partial charge in [0, 0.05) is 32.1 Å². The van der Waals surface area contributed by atoms with Crippen LogP contribution in [0.2, 0.25) is 0 Å². The van der Waals surface area contributed by atoms with Crippen LogP contribution in [0.3, 0.4) is 0 Å². The molecule has 2 amide bonds. The minimum atomic E-state index is -0.0209. The van der Waals surface area contributed by atoms with Gasteiger partial charge in [0.25, 0.3) is 5.91 Å². The second kappa shape index (κ2) is 7.87. The minimum absolute atomic E-state index is 0.0209. The summed E-state index contributed by atoms with van der Waals surface area (Å²) in [7, 11) is 0. The molecule has 6 nitrogen and oxygen atoms in total. The van der Waals surface area contributed by atoms with E-state index in [-0.39, 0.29) is 17.7 Å². The van der Waals surface area contributed by atoms with Crippen molar-refractivity contribution in [3.63, 3.8) is 0 Å². The first-order valence-corrected chi connectivity index (χ1v) is 9.12. The lowest BCUT2D eigenvalue weighted by atomic mass is 9.88. The number of nitrogens with one attached hydrogen (secondary N) is 1. The van der Waals surface area contributed by atoms with Gasteiger partial charge >= 0.3 is 0 Å². The maximum Gasteiger partial charge on any atom is 0.257 e. The van der Waals surface area contributed by atoms with E-state index in [0.717, 1.165) is 13.1 Å². The largest absolute Gasteiger partial charge is 0.493 e. The summed E-state index contributed by atoms with van der Waals surface area (Å²) in [5, 5.41) is 3.22. The van der Waals surface area contributed by atoms with Crippen molar-refractivity contribution in [1.82, 2.24) is 15.1 Å². The van der Waals surface area contributed by atoms with Crippen LogP contribution in [0.4, 0.5) is 0 Å². The van der Waals surface area contributed by atoms with E-state index in [4.69, 9.17) is 4.74 Å². The van der Waals surface area contributed by atoms with Gasteiger partial charge in [-0.05, 0) is 38.1 Å². The molecular weight excluding hydrogens is 318 g/mol. The molecule has 1 N–H and O–H groups in total. The summed E-state index contributed by atoms with van der Waals surface area (Å²) in [6, 6.07) is 7.35. The first-order valence-electron chi connectivity index (χ1n) is 9.12. The van der Waals surface area contributed by atoms with E-state index in [0.29, 0.717) is 50.0 Å². The number of hydrogen-bond donors (Lipinski definition) is 1. The van der Waals surface area contributed by atoms with Crippen LogP contribution < -0.4 is 10.1 Å². The van der Waals surface area contributed by atoms with E-state index in [9.17, 15) is 9.59 Å². The van der Waals surface area contributed by atoms with E-state index >= 15 is 0 Å². The van der Waals surface area contributed by atoms with Gasteiger partial charge in [0.2, 0.25) is 5.91 Å². The van der Waals surface area contributed by atoms with Gasteiger partial charge in [0.1, 0.15) is 5.75 Å². The number of para-hydroxylation sites is 1. The average molecular weight is 345 g/mol. The molecule has 25 heavy (non-hydrogen) atoms. The molecule has 3 rings (SSSR count). The number of ether oxygens (including phenoxy) is 1. The zero-order valence-corrected chi connectivity index (χ0v) is 15.0. The summed E-state index contributed by atoms with van der Waals surface area (Å²) in [5.41, 5.74) is 0.595. The van der Waals surface area contributed by atoms with E-state index < -0.39 is 0 Å². The average Bonchev–Trinajstić information content (AvgIpc) is 2.60. The standard InChI is InChI=1S/C19H27N3O3/c1-3-25-17-7-5-4-6-16(17)19(24)22-10-8-21(9-11-22)18(23)14(2)15-12-20-13-15/h4-7,14-15,20H,3,8-13H2,1-2H3. The Morgan fingerprint density at radius 2 is 1.80 bits per heavy atom. The van der Waals surface area contributed by atoms with Gasteiger partial charge in [0.15, 0.2) is 0 Å². The molecule has 0 aromatic heterocycles. The molecule has 1 atom stereocenters. The van der Waals surface area contributed by atoms with E-state index in [1.165, 1.54) is 0 Å². The van der Waals surface area contributed by atoms with Crippen LogP contribution >= 0.6 is 0 Å². The number of benzene rings is 1. The third-order valence-electron chi connectivity index (χ3n) is 5.21. The van der Waals surface area contributed by atoms with Crippen LogP contribution in [0.5, 0.6) is 5.75 Å². The van der Waals surface area contributed by atoms with E-state index in [1.54, 1.807) is 6.07 Å². The first kappa shape index (κ1) is 17.7. The van der Waals surface area contributed by atoms with E-state index in [1.807, 2.05) is 41.8 Å². The smallest absolute Gasteiger partial charge is 0.257 e. The topological polar surface area (TPSA) is 61.9 Å². The van der Waals surface area contributed by atoms with Gasteiger partial charge in [-0.2, -0.15) is 0 Å². The first-order chi connectivity index (χ1) is 12.1. The zero-order chi connectivity index (χ0) is 17.8. The fourth-order valence-corrected chi connectivity index (χ4v) is 3.38. The number of rotatable bonds is 5. The van der Waals surface area contributed by atoms with Crippen LogP contribution in [0.1, 0.15) is 24.2 Å². The van der Waals surface area contributed by atoms with Crippen LogP contribution in [-0.2, 0) is 4.79 Å². The Morgan fingerprint density at radius 3 is 2.40 bits per heavy atom. The Bertz CT molecular complexity index is 622. The van der Waals surface area contributed by atoms with Gasteiger partial charge in [-0.15, -0.1) is 0 Å². The molecule has 2 aliphatic rings. The quantitative estimate of drug-likeness (QED) is 0.872. The molecule has 1 aromatic carbocycles. The molecule has 2 fully saturated rings. The summed E-state index contributed by atoms with van der Waals surface area (Å²) >= 11 is 0. The van der Waals surface area contributed by atoms with Crippen LogP contribution in [0.25, 0.3) is 0 Å². The Morgan fingerprint density at radius 1 is 1.16 bits per heavy atom. The lowest BCUT2D eigenvalue weighted by Crippen LogP contribution is -2.55. The maximum absolute atomic E-state index is 12.8. The van der Waals surface area contributed by atoms with Gasteiger partial charge < -0.3 is 19.9 Å². The highest BCUT2D eigenvalue weighted by Gasteiger charge is 2.33. The van der Waals surface area contributed by atoms with Crippen LogP contribution in [-0.4, -0.2) is 67.5 Å². The van der Waals surface area contributed by atoms with Gasteiger partial charge in [-0.1, -0.05) is 19.1 Å². The van der Waals surface area contributed by atoms with E-state index in [2.05, 4.69) is 5.32 Å². The van der Waals surface area contributed by atoms with Gasteiger partial charge in [-0.25, -0.2) is 0 Å². The van der Waals surface area contributed by atoms with Gasteiger partial charge in [-0.3, -0.25) is 9.59 Å². The van der Waals surface area contributed by atoms with Crippen LogP contribution in [0.15, 0.2) is 24.3 Å². The Labute approximate surface area is 149 Å². The number of carbonyl (C=O) groups excluding carboxylic acids is 2. The minimum Gasteiger partial charge on any atom is -0.493 e. The van der Waals surface area contributed by atoms with Crippen LogP contribution in [0, 0.1) is 11.8 Å². The molecule has 0 radical (unpaired) electrons. The molecule has 0 saturated carbocycles. The number of amides is 2. The molecule has 0 bridgehead atoms. The van der Waals surface area contributed by atoms with Crippen molar-refractivity contribution in [3.8, 4) is 5.75 Å². The molecular formula is C19H27N3O3. The highest BCUT2D eigenvalue weighted by Crippen LogP contribution is 2.22. The molecule has 6 heteroatoms. The number of carbonyl (C=O) groups is 2. The summed E-state index contributed by atoms with van der Waals surface area (Å²) in [6.07, 6.45) is 0. The summed E-state index contributed by atoms with van der Waals surface area (Å²) in [5.74, 6) is 1.33. The van der Waals surface area contributed by atoms with Crippen molar-refractivity contribution in [1.29, 1.82) is 0 Å². The fraction of sp³-hybridized carbons (Fsp3) is 0.579. The number of hydrogen-bond acceptors (Lipinski definition) is 4. The number of piperazine rings is 1. The van der Waals surface area contributed by atoms with Crippen molar-refractivity contribution < 1.29 is 14.3 Å². The summed E-state index contributed by atoms with van der Waals surface area (Å²) < 4.78 is 5.57. The third kappa shape index (κ3) is 3.79. The lowest BCUT2D eigenvalue weighted by Gasteiger charge is -2.39. The highest BCUT2D eigenvalue weighted by molar-refractivity contribution is 5.97. The maximum atomic E-state index is 12.8. The zero-order valence-electron chi connectivity index (χ0n) is 15.0. The highest BCUT2D eigenvalue weighted by atomic mass is 16.5. The second-order valence-electron chi connectivity index (χ2n) is 6.75. The number of nitrogens with zero attached hydrogens (tertiary/aromatic N) is 2. The molecule has 136 valence electrons. The van der Waals surface area contributed by atoms with Crippen molar-refractivity contribution in [2.45, 2.75) is 13.8 Å². The SMILES string of the molecule is CCOc1ccccc1C(=O)N1CCN(C(=O)C(C)C2CNC2)CC1. The lowest BCUT2D eigenvalue weighted by molar-refractivity contribution is -0.138. The predicted molar refractivity (Wildman–Crippen MR) is 95.6 cm³/mol. The van der Waals surface area contributed by atoms with Crippen molar-refractivity contribution in [2.24, 2.45) is 11.8 Å². The molecule has 1 aromatic rings. The van der Waals surface area contributed by atoms with Gasteiger partial charge in [0.05, 0.1) is 12.2 Å². The molecule has 2 heterocycles. The predicted octanol–water partition coefficient (Wildman–Crippen LogP) is 1.23. The molecule has 1 unspecified atom stereocenters. The summed E-state index contributed by atoms with van der Waals surface area (Å²) in [6.45, 7) is 8.66.